The number of nitrogens with one attached hydrogen (secondary N) is 1. The van der Waals surface area contributed by atoms with E-state index in [2.05, 4.69) is 5.48 Å². The van der Waals surface area contributed by atoms with Gasteiger partial charge in [-0.05, 0) is 5.56 Å². The van der Waals surface area contributed by atoms with Crippen LogP contribution in [0.3, 0.4) is 0 Å². The molecule has 0 radical (unpaired) electrons. The molecule has 0 heterocycles. The van der Waals surface area contributed by atoms with Gasteiger partial charge in [0.15, 0.2) is 0 Å². The monoisotopic (exact) mass is 324 g/mol. The van der Waals surface area contributed by atoms with Gasteiger partial charge < -0.3 is 15.9 Å². The molecule has 0 aromatic heterocycles. The first-order chi connectivity index (χ1) is 10.2. The molecule has 0 saturated carbocycles. The maximum Gasteiger partial charge on any atom is 0.490 e. The maximum atomic E-state index is 11.0. The highest BCUT2D eigenvalue weighted by Crippen LogP contribution is 2.13. The van der Waals surface area contributed by atoms with Crippen molar-refractivity contribution in [3.63, 3.8) is 0 Å². The van der Waals surface area contributed by atoms with Crippen molar-refractivity contribution in [1.82, 2.24) is 5.48 Å². The van der Waals surface area contributed by atoms with E-state index in [9.17, 15) is 18.0 Å². The van der Waals surface area contributed by atoms with E-state index in [1.54, 1.807) is 0 Å². The highest BCUT2D eigenvalue weighted by atomic mass is 19.4. The third kappa shape index (κ3) is 8.89. The summed E-state index contributed by atoms with van der Waals surface area (Å²) in [5.74, 6) is -3.29. The number of nitrogens with two attached hydrogens (primary N) is 1. The van der Waals surface area contributed by atoms with Crippen LogP contribution in [0.1, 0.15) is 5.56 Å². The van der Waals surface area contributed by atoms with E-state index in [-0.39, 0.29) is 6.61 Å². The van der Waals surface area contributed by atoms with Gasteiger partial charge in [-0.3, -0.25) is 9.63 Å². The Hall–Kier alpha value is -2.17. The summed E-state index contributed by atoms with van der Waals surface area (Å²) in [5.41, 5.74) is 8.35. The molecule has 5 N–H and O–H groups in total. The molecule has 1 aromatic carbocycles. The van der Waals surface area contributed by atoms with Gasteiger partial charge in [0.05, 0.1) is 13.2 Å². The third-order valence-electron chi connectivity index (χ3n) is 2.03. The number of aliphatic hydroxyl groups excluding tert-OH is 1. The molecule has 0 aliphatic carbocycles. The Kier molecular flexibility index (Phi) is 8.75. The molecule has 7 nitrogen and oxygen atoms in total. The molecule has 1 amide bonds. The molecule has 22 heavy (non-hydrogen) atoms. The average molecular weight is 324 g/mol. The lowest BCUT2D eigenvalue weighted by atomic mass is 10.2. The van der Waals surface area contributed by atoms with Crippen molar-refractivity contribution in [1.29, 1.82) is 0 Å². The fourth-order valence-electron chi connectivity index (χ4n) is 0.923. The first kappa shape index (κ1) is 19.8. The van der Waals surface area contributed by atoms with Gasteiger partial charge >= 0.3 is 12.1 Å². The Morgan fingerprint density at radius 2 is 1.77 bits per heavy atom. The second-order valence-corrected chi connectivity index (χ2v) is 3.83. The molecule has 0 fully saturated rings. The molecule has 0 spiro atoms. The predicted octanol–water partition coefficient (Wildman–Crippen LogP) is 0.187. The zero-order valence-corrected chi connectivity index (χ0v) is 11.2. The summed E-state index contributed by atoms with van der Waals surface area (Å²) in [7, 11) is 0. The summed E-state index contributed by atoms with van der Waals surface area (Å²) < 4.78 is 31.7. The van der Waals surface area contributed by atoms with Gasteiger partial charge in [-0.1, -0.05) is 30.3 Å². The van der Waals surface area contributed by atoms with E-state index in [4.69, 9.17) is 25.6 Å². The van der Waals surface area contributed by atoms with Gasteiger partial charge in [-0.15, -0.1) is 0 Å². The minimum Gasteiger partial charge on any atom is -0.475 e. The smallest absolute Gasteiger partial charge is 0.475 e. The Bertz CT molecular complexity index is 468. The minimum absolute atomic E-state index is 0.269. The molecule has 124 valence electrons. The number of hydrogen-bond acceptors (Lipinski definition) is 5. The van der Waals surface area contributed by atoms with Crippen LogP contribution in [0.25, 0.3) is 0 Å². The highest BCUT2D eigenvalue weighted by Gasteiger charge is 2.38. The van der Waals surface area contributed by atoms with Gasteiger partial charge in [0.1, 0.15) is 6.04 Å². The Labute approximate surface area is 123 Å². The number of carbonyl (C=O) groups is 2. The van der Waals surface area contributed by atoms with Crippen LogP contribution in [-0.2, 0) is 21.0 Å². The minimum atomic E-state index is -5.08. The fraction of sp³-hybridized carbons (Fsp3) is 0.333. The van der Waals surface area contributed by atoms with E-state index in [0.29, 0.717) is 0 Å². The SMILES string of the molecule is N[C@@H](CO)C(=O)NOCc1ccccc1.O=C(O)C(F)(F)F. The Morgan fingerprint density at radius 1 is 1.27 bits per heavy atom. The molecule has 0 aliphatic heterocycles. The standard InChI is InChI=1S/C10H14N2O3.C2HF3O2/c11-9(6-13)10(14)12-15-7-8-4-2-1-3-5-8;3-2(4,5)1(6)7/h1-5,9,13H,6-7,11H2,(H,12,14);(H,6,7)/t9-;/m0./s1. The zero-order chi connectivity index (χ0) is 17.2. The second-order valence-electron chi connectivity index (χ2n) is 3.83. The van der Waals surface area contributed by atoms with Crippen LogP contribution in [0.5, 0.6) is 0 Å². The van der Waals surface area contributed by atoms with Crippen LogP contribution in [0, 0.1) is 0 Å². The number of alkyl halides is 3. The Morgan fingerprint density at radius 3 is 2.18 bits per heavy atom. The van der Waals surface area contributed by atoms with Gasteiger partial charge in [0, 0.05) is 0 Å². The number of hydrogen-bond donors (Lipinski definition) is 4. The molecular formula is C12H15F3N2O5. The lowest BCUT2D eigenvalue weighted by Gasteiger charge is -2.09. The molecular weight excluding hydrogens is 309 g/mol. The van der Waals surface area contributed by atoms with Crippen LogP contribution in [-0.4, -0.2) is 40.9 Å². The Balaban J connectivity index is 0.000000534. The molecule has 1 rings (SSSR count). The maximum absolute atomic E-state index is 11.0. The molecule has 1 atom stereocenters. The van der Waals surface area contributed by atoms with Crippen LogP contribution in [0.2, 0.25) is 0 Å². The van der Waals surface area contributed by atoms with Gasteiger partial charge in [0.2, 0.25) is 0 Å². The average Bonchev–Trinajstić information content (AvgIpc) is 2.47. The number of amides is 1. The van der Waals surface area contributed by atoms with Crippen molar-refractivity contribution in [2.24, 2.45) is 5.73 Å². The largest absolute Gasteiger partial charge is 0.490 e. The van der Waals surface area contributed by atoms with E-state index >= 15 is 0 Å². The summed E-state index contributed by atoms with van der Waals surface area (Å²) in [6.07, 6.45) is -5.08. The zero-order valence-electron chi connectivity index (χ0n) is 11.2. The van der Waals surface area contributed by atoms with Gasteiger partial charge in [0.25, 0.3) is 5.91 Å². The molecule has 0 bridgehead atoms. The summed E-state index contributed by atoms with van der Waals surface area (Å²) in [4.78, 5) is 24.9. The first-order valence-corrected chi connectivity index (χ1v) is 5.80. The summed E-state index contributed by atoms with van der Waals surface area (Å²) in [6, 6.07) is 8.45. The van der Waals surface area contributed by atoms with E-state index in [1.165, 1.54) is 0 Å². The molecule has 0 aliphatic rings. The number of benzene rings is 1. The topological polar surface area (TPSA) is 122 Å². The van der Waals surface area contributed by atoms with Crippen molar-refractivity contribution in [3.05, 3.63) is 35.9 Å². The highest BCUT2D eigenvalue weighted by molar-refractivity contribution is 5.80. The van der Waals surface area contributed by atoms with E-state index in [0.717, 1.165) is 5.56 Å². The molecule has 1 aromatic rings. The predicted molar refractivity (Wildman–Crippen MR) is 68.1 cm³/mol. The van der Waals surface area contributed by atoms with Crippen molar-refractivity contribution < 1.29 is 37.8 Å². The van der Waals surface area contributed by atoms with Gasteiger partial charge in [-0.25, -0.2) is 10.3 Å². The molecule has 10 heteroatoms. The normalized spacial score (nSPS) is 11.9. The fourth-order valence-corrected chi connectivity index (χ4v) is 0.923. The quantitative estimate of drug-likeness (QED) is 0.574. The van der Waals surface area contributed by atoms with Crippen molar-refractivity contribution in [3.8, 4) is 0 Å². The van der Waals surface area contributed by atoms with Crippen molar-refractivity contribution >= 4 is 11.9 Å². The number of aliphatic hydroxyl groups is 1. The van der Waals surface area contributed by atoms with Crippen molar-refractivity contribution in [2.45, 2.75) is 18.8 Å². The number of aliphatic carboxylic acids is 1. The number of hydroxylamine groups is 1. The molecule has 0 saturated heterocycles. The van der Waals surface area contributed by atoms with E-state index < -0.39 is 30.7 Å². The summed E-state index contributed by atoms with van der Waals surface area (Å²) in [6.45, 7) is -0.134. The van der Waals surface area contributed by atoms with Crippen LogP contribution >= 0.6 is 0 Å². The van der Waals surface area contributed by atoms with Crippen LogP contribution < -0.4 is 11.2 Å². The lowest BCUT2D eigenvalue weighted by molar-refractivity contribution is -0.192. The van der Waals surface area contributed by atoms with E-state index in [1.807, 2.05) is 30.3 Å². The first-order valence-electron chi connectivity index (χ1n) is 5.80. The van der Waals surface area contributed by atoms with Gasteiger partial charge in [-0.2, -0.15) is 13.2 Å². The third-order valence-corrected chi connectivity index (χ3v) is 2.03. The van der Waals surface area contributed by atoms with Crippen LogP contribution in [0.15, 0.2) is 30.3 Å². The number of halogens is 3. The van der Waals surface area contributed by atoms with Crippen molar-refractivity contribution in [2.75, 3.05) is 6.61 Å². The summed E-state index contributed by atoms with van der Waals surface area (Å²) >= 11 is 0. The summed E-state index contributed by atoms with van der Waals surface area (Å²) in [5, 5.41) is 15.7. The number of rotatable bonds is 5. The number of carboxylic acids is 1. The van der Waals surface area contributed by atoms with Crippen LogP contribution in [0.4, 0.5) is 13.2 Å². The number of carboxylic acid groups (broad SMARTS) is 1. The second kappa shape index (κ2) is 9.71. The molecule has 0 unspecified atom stereocenters. The number of carbonyl (C=O) groups excluding carboxylic acids is 1. The lowest BCUT2D eigenvalue weighted by Crippen LogP contribution is -2.42.